The van der Waals surface area contributed by atoms with Gasteiger partial charge < -0.3 is 9.80 Å². The lowest BCUT2D eigenvalue weighted by molar-refractivity contribution is 0.205. The number of nitrogens with zero attached hydrogens (tertiary/aromatic N) is 6. The third-order valence-electron chi connectivity index (χ3n) is 5.25. The minimum atomic E-state index is 0.720. The highest BCUT2D eigenvalue weighted by Gasteiger charge is 2.25. The molecule has 2 aromatic rings. The Kier molecular flexibility index (Phi) is 5.06. The normalized spacial score (nSPS) is 22.2. The average molecular weight is 338 g/mol. The van der Waals surface area contributed by atoms with E-state index in [1.165, 1.54) is 19.4 Å². The van der Waals surface area contributed by atoms with Gasteiger partial charge in [-0.05, 0) is 30.9 Å². The van der Waals surface area contributed by atoms with Crippen molar-refractivity contribution < 1.29 is 0 Å². The second-order valence-corrected chi connectivity index (χ2v) is 6.99. The molecule has 0 bridgehead atoms. The van der Waals surface area contributed by atoms with Crippen molar-refractivity contribution in [3.05, 3.63) is 43.0 Å². The number of aromatic nitrogens is 3. The maximum absolute atomic E-state index is 4.47. The van der Waals surface area contributed by atoms with Crippen LogP contribution in [0.1, 0.15) is 12.8 Å². The van der Waals surface area contributed by atoms with Gasteiger partial charge >= 0.3 is 0 Å². The molecule has 1 atom stereocenters. The number of piperazine rings is 1. The van der Waals surface area contributed by atoms with E-state index in [1.807, 2.05) is 18.5 Å². The first kappa shape index (κ1) is 16.3. The highest BCUT2D eigenvalue weighted by atomic mass is 15.3. The summed E-state index contributed by atoms with van der Waals surface area (Å²) < 4.78 is 0. The molecule has 2 fully saturated rings. The quantitative estimate of drug-likeness (QED) is 0.849. The summed E-state index contributed by atoms with van der Waals surface area (Å²) in [5.41, 5.74) is 0. The van der Waals surface area contributed by atoms with Crippen molar-refractivity contribution in [2.45, 2.75) is 12.8 Å². The number of hydrogen-bond donors (Lipinski definition) is 0. The molecule has 132 valence electrons. The molecule has 4 rings (SSSR count). The molecule has 2 aromatic heterocycles. The Morgan fingerprint density at radius 1 is 0.880 bits per heavy atom. The molecule has 0 unspecified atom stereocenters. The molecule has 0 aliphatic carbocycles. The number of anilines is 2. The molecule has 0 aromatic carbocycles. The fourth-order valence-electron chi connectivity index (χ4n) is 3.94. The molecule has 4 heterocycles. The standard InChI is InChI=1S/C19H26N6/c1-2-6-21-18(5-1)24-12-10-23(11-13-24)15-17-4-3-9-25(16-17)19-14-20-7-8-22-19/h1-2,5-8,14,17H,3-4,9-13,15-16H2/t17-/m0/s1. The SMILES string of the molecule is c1ccc(N2CCN(C[C@@H]3CCCN(c4cnccn4)C3)CC2)nc1. The smallest absolute Gasteiger partial charge is 0.147 e. The summed E-state index contributed by atoms with van der Waals surface area (Å²) in [7, 11) is 0. The van der Waals surface area contributed by atoms with Crippen LogP contribution in [-0.4, -0.2) is 65.7 Å². The van der Waals surface area contributed by atoms with Crippen molar-refractivity contribution in [3.8, 4) is 0 Å². The number of piperidine rings is 1. The third-order valence-corrected chi connectivity index (χ3v) is 5.25. The summed E-state index contributed by atoms with van der Waals surface area (Å²) in [5.74, 6) is 2.85. The van der Waals surface area contributed by atoms with E-state index in [-0.39, 0.29) is 0 Å². The van der Waals surface area contributed by atoms with Gasteiger partial charge in [0.2, 0.25) is 0 Å². The molecule has 0 radical (unpaired) electrons. The molecule has 25 heavy (non-hydrogen) atoms. The molecular formula is C19H26N6. The summed E-state index contributed by atoms with van der Waals surface area (Å²) >= 11 is 0. The van der Waals surface area contributed by atoms with Gasteiger partial charge in [0.15, 0.2) is 0 Å². The Balaban J connectivity index is 1.28. The first-order chi connectivity index (χ1) is 12.4. The van der Waals surface area contributed by atoms with E-state index in [0.29, 0.717) is 0 Å². The van der Waals surface area contributed by atoms with Gasteiger partial charge in [-0.15, -0.1) is 0 Å². The zero-order valence-electron chi connectivity index (χ0n) is 14.7. The Morgan fingerprint density at radius 3 is 2.52 bits per heavy atom. The molecule has 2 aliphatic heterocycles. The number of rotatable bonds is 4. The van der Waals surface area contributed by atoms with E-state index in [0.717, 1.165) is 56.8 Å². The lowest BCUT2D eigenvalue weighted by atomic mass is 9.97. The number of hydrogen-bond acceptors (Lipinski definition) is 6. The van der Waals surface area contributed by atoms with E-state index >= 15 is 0 Å². The third kappa shape index (κ3) is 4.07. The maximum Gasteiger partial charge on any atom is 0.147 e. The highest BCUT2D eigenvalue weighted by Crippen LogP contribution is 2.22. The van der Waals surface area contributed by atoms with Crippen LogP contribution >= 0.6 is 0 Å². The molecule has 0 N–H and O–H groups in total. The minimum Gasteiger partial charge on any atom is -0.355 e. The van der Waals surface area contributed by atoms with Crippen LogP contribution in [0.2, 0.25) is 0 Å². The molecular weight excluding hydrogens is 312 g/mol. The zero-order chi connectivity index (χ0) is 16.9. The Morgan fingerprint density at radius 2 is 1.76 bits per heavy atom. The van der Waals surface area contributed by atoms with Crippen LogP contribution in [-0.2, 0) is 0 Å². The van der Waals surface area contributed by atoms with Crippen molar-refractivity contribution in [3.63, 3.8) is 0 Å². The monoisotopic (exact) mass is 338 g/mol. The Hall–Kier alpha value is -2.21. The molecule has 0 amide bonds. The molecule has 6 nitrogen and oxygen atoms in total. The van der Waals surface area contributed by atoms with Crippen LogP contribution < -0.4 is 9.80 Å². The van der Waals surface area contributed by atoms with Gasteiger partial charge in [-0.2, -0.15) is 0 Å². The molecule has 0 saturated carbocycles. The van der Waals surface area contributed by atoms with Crippen molar-refractivity contribution in [2.24, 2.45) is 5.92 Å². The second-order valence-electron chi connectivity index (χ2n) is 6.99. The zero-order valence-corrected chi connectivity index (χ0v) is 14.7. The largest absolute Gasteiger partial charge is 0.355 e. The van der Waals surface area contributed by atoms with Crippen LogP contribution in [0.5, 0.6) is 0 Å². The topological polar surface area (TPSA) is 48.4 Å². The van der Waals surface area contributed by atoms with Crippen LogP contribution in [0.15, 0.2) is 43.0 Å². The van der Waals surface area contributed by atoms with E-state index in [9.17, 15) is 0 Å². The van der Waals surface area contributed by atoms with Crippen LogP contribution in [0.3, 0.4) is 0 Å². The van der Waals surface area contributed by atoms with Crippen molar-refractivity contribution in [1.29, 1.82) is 0 Å². The minimum absolute atomic E-state index is 0.720. The van der Waals surface area contributed by atoms with Crippen molar-refractivity contribution in [2.75, 3.05) is 55.6 Å². The molecule has 0 spiro atoms. The van der Waals surface area contributed by atoms with Gasteiger partial charge in [-0.3, -0.25) is 9.88 Å². The highest BCUT2D eigenvalue weighted by molar-refractivity contribution is 5.38. The van der Waals surface area contributed by atoms with Gasteiger partial charge in [0, 0.05) is 64.4 Å². The van der Waals surface area contributed by atoms with Gasteiger partial charge in [-0.25, -0.2) is 9.97 Å². The fourth-order valence-corrected chi connectivity index (χ4v) is 3.94. The van der Waals surface area contributed by atoms with E-state index in [2.05, 4.69) is 41.8 Å². The summed E-state index contributed by atoms with van der Waals surface area (Å²) in [6.45, 7) is 7.76. The maximum atomic E-state index is 4.47. The van der Waals surface area contributed by atoms with Crippen molar-refractivity contribution >= 4 is 11.6 Å². The first-order valence-corrected chi connectivity index (χ1v) is 9.28. The predicted molar refractivity (Wildman–Crippen MR) is 99.9 cm³/mol. The lowest BCUT2D eigenvalue weighted by Crippen LogP contribution is -2.50. The van der Waals surface area contributed by atoms with Gasteiger partial charge in [-0.1, -0.05) is 6.07 Å². The Bertz CT molecular complexity index is 641. The van der Waals surface area contributed by atoms with E-state index in [4.69, 9.17) is 0 Å². The summed E-state index contributed by atoms with van der Waals surface area (Å²) in [4.78, 5) is 20.6. The van der Waals surface area contributed by atoms with Gasteiger partial charge in [0.25, 0.3) is 0 Å². The van der Waals surface area contributed by atoms with Crippen LogP contribution in [0.25, 0.3) is 0 Å². The Labute approximate surface area is 149 Å². The number of pyridine rings is 1. The fraction of sp³-hybridized carbons (Fsp3) is 0.526. The predicted octanol–water partition coefficient (Wildman–Crippen LogP) is 1.91. The van der Waals surface area contributed by atoms with Crippen molar-refractivity contribution in [1.82, 2.24) is 19.9 Å². The molecule has 2 saturated heterocycles. The average Bonchev–Trinajstić information content (AvgIpc) is 2.70. The first-order valence-electron chi connectivity index (χ1n) is 9.28. The molecule has 6 heteroatoms. The summed E-state index contributed by atoms with van der Waals surface area (Å²) in [6, 6.07) is 6.15. The molecule has 2 aliphatic rings. The lowest BCUT2D eigenvalue weighted by Gasteiger charge is -2.39. The van der Waals surface area contributed by atoms with E-state index in [1.54, 1.807) is 12.4 Å². The van der Waals surface area contributed by atoms with Crippen LogP contribution in [0.4, 0.5) is 11.6 Å². The second kappa shape index (κ2) is 7.78. The summed E-state index contributed by atoms with van der Waals surface area (Å²) in [5, 5.41) is 0. The van der Waals surface area contributed by atoms with Gasteiger partial charge in [0.05, 0.1) is 6.20 Å². The van der Waals surface area contributed by atoms with E-state index < -0.39 is 0 Å². The summed E-state index contributed by atoms with van der Waals surface area (Å²) in [6.07, 6.45) is 9.85. The van der Waals surface area contributed by atoms with Gasteiger partial charge in [0.1, 0.15) is 11.6 Å². The van der Waals surface area contributed by atoms with Crippen LogP contribution in [0, 0.1) is 5.92 Å².